The Morgan fingerprint density at radius 2 is 0.833 bits per heavy atom. The Morgan fingerprint density at radius 3 is 1.14 bits per heavy atom. The summed E-state index contributed by atoms with van der Waals surface area (Å²) in [6.07, 6.45) is 0. The molecule has 0 unspecified atom stereocenters. The molecule has 4 rings (SSSR count). The molecule has 0 aliphatic heterocycles. The molecule has 0 saturated heterocycles. The minimum atomic E-state index is -0.824. The van der Waals surface area contributed by atoms with E-state index in [1.807, 2.05) is 0 Å². The van der Waals surface area contributed by atoms with E-state index in [9.17, 15) is 40.5 Å². The highest BCUT2D eigenvalue weighted by Crippen LogP contribution is 2.50. The number of benzene rings is 4. The van der Waals surface area contributed by atoms with Crippen molar-refractivity contribution in [2.24, 2.45) is 0 Å². The Hall–Kier alpha value is -5.22. The minimum Gasteiger partial charge on any atom is -0.482 e. The Morgan fingerprint density at radius 1 is 0.500 bits per heavy atom. The number of nitrogens with zero attached hydrogens (tertiary/aromatic N) is 4. The Kier molecular flexibility index (Phi) is 9.51. The molecule has 0 spiro atoms. The number of ether oxygens (including phenoxy) is 2. The van der Waals surface area contributed by atoms with E-state index in [1.54, 1.807) is 60.7 Å². The SMILES string of the molecule is O=[N+]([O-])c1cc([N+](=O)[O-])c(SSc2cc(OCc3ccccc3)c([N+](=O)[O-])cc2[N+](=O)[O-])cc1OCc1ccccc1. The van der Waals surface area contributed by atoms with Crippen molar-refractivity contribution in [3.8, 4) is 11.5 Å². The molecule has 0 atom stereocenters. The molecule has 0 bridgehead atoms. The van der Waals surface area contributed by atoms with E-state index in [1.165, 1.54) is 0 Å². The number of nitro benzene ring substituents is 4. The van der Waals surface area contributed by atoms with Crippen molar-refractivity contribution in [2.75, 3.05) is 0 Å². The van der Waals surface area contributed by atoms with Crippen LogP contribution in [-0.2, 0) is 13.2 Å². The molecular formula is C26H18N4O10S2. The molecule has 0 aromatic heterocycles. The van der Waals surface area contributed by atoms with Crippen LogP contribution in [0.1, 0.15) is 11.1 Å². The fourth-order valence-corrected chi connectivity index (χ4v) is 5.84. The zero-order valence-corrected chi connectivity index (χ0v) is 22.8. The smallest absolute Gasteiger partial charge is 0.317 e. The molecular weight excluding hydrogens is 592 g/mol. The van der Waals surface area contributed by atoms with Crippen molar-refractivity contribution in [3.05, 3.63) is 137 Å². The largest absolute Gasteiger partial charge is 0.482 e. The maximum absolute atomic E-state index is 11.8. The number of rotatable bonds is 13. The first-order chi connectivity index (χ1) is 20.1. The van der Waals surface area contributed by atoms with Gasteiger partial charge < -0.3 is 9.47 Å². The van der Waals surface area contributed by atoms with Crippen molar-refractivity contribution < 1.29 is 29.2 Å². The first kappa shape index (κ1) is 29.8. The quantitative estimate of drug-likeness (QED) is 0.0836. The molecule has 0 amide bonds. The van der Waals surface area contributed by atoms with Gasteiger partial charge in [-0.3, -0.25) is 40.5 Å². The van der Waals surface area contributed by atoms with Crippen LogP contribution >= 0.6 is 21.6 Å². The summed E-state index contributed by atoms with van der Waals surface area (Å²) in [6, 6.07) is 21.2. The highest BCUT2D eigenvalue weighted by atomic mass is 33.1. The molecule has 0 aliphatic rings. The molecule has 14 nitrogen and oxygen atoms in total. The standard InChI is InChI=1S/C26H18N4O10S2/c31-27(32)19-11-21(29(35)36)25(13-23(19)39-15-17-7-3-1-4-8-17)41-42-26-14-24(40-16-18-9-5-2-6-10-18)20(28(33)34)12-22(26)30(37)38/h1-14H,15-16H2. The van der Waals surface area contributed by atoms with Crippen LogP contribution in [0.4, 0.5) is 22.7 Å². The highest BCUT2D eigenvalue weighted by molar-refractivity contribution is 8.76. The van der Waals surface area contributed by atoms with Crippen LogP contribution in [0.2, 0.25) is 0 Å². The van der Waals surface area contributed by atoms with Gasteiger partial charge in [0.05, 0.1) is 31.8 Å². The summed E-state index contributed by atoms with van der Waals surface area (Å²) < 4.78 is 11.2. The van der Waals surface area contributed by atoms with Gasteiger partial charge in [0.25, 0.3) is 11.4 Å². The third-order valence-electron chi connectivity index (χ3n) is 5.56. The summed E-state index contributed by atoms with van der Waals surface area (Å²) in [7, 11) is 1.39. The molecule has 16 heteroatoms. The second-order valence-corrected chi connectivity index (χ2v) is 10.5. The molecule has 214 valence electrons. The lowest BCUT2D eigenvalue weighted by molar-refractivity contribution is -0.396. The summed E-state index contributed by atoms with van der Waals surface area (Å²) in [6.45, 7) is -0.126. The van der Waals surface area contributed by atoms with Gasteiger partial charge in [-0.2, -0.15) is 0 Å². The molecule has 0 N–H and O–H groups in total. The summed E-state index contributed by atoms with van der Waals surface area (Å²) in [5.41, 5.74) is -1.14. The molecule has 0 fully saturated rings. The molecule has 4 aromatic carbocycles. The van der Waals surface area contributed by atoms with Gasteiger partial charge in [0.1, 0.15) is 23.0 Å². The van der Waals surface area contributed by atoms with Crippen molar-refractivity contribution in [2.45, 2.75) is 23.0 Å². The summed E-state index contributed by atoms with van der Waals surface area (Å²) in [5.74, 6) is -0.495. The first-order valence-electron chi connectivity index (χ1n) is 11.8. The van der Waals surface area contributed by atoms with Crippen molar-refractivity contribution in [3.63, 3.8) is 0 Å². The predicted octanol–water partition coefficient (Wildman–Crippen LogP) is 7.28. The van der Waals surface area contributed by atoms with Gasteiger partial charge in [0.2, 0.25) is 0 Å². The van der Waals surface area contributed by atoms with Crippen molar-refractivity contribution in [1.29, 1.82) is 0 Å². The lowest BCUT2D eigenvalue weighted by atomic mass is 10.2. The number of hydrogen-bond donors (Lipinski definition) is 0. The fraction of sp³-hybridized carbons (Fsp3) is 0.0769. The van der Waals surface area contributed by atoms with Gasteiger partial charge in [-0.25, -0.2) is 0 Å². The Bertz CT molecular complexity index is 1530. The van der Waals surface area contributed by atoms with E-state index in [0.717, 1.165) is 24.3 Å². The minimum absolute atomic E-state index is 0.0628. The third kappa shape index (κ3) is 7.29. The van der Waals surface area contributed by atoms with E-state index < -0.39 is 42.4 Å². The van der Waals surface area contributed by atoms with E-state index in [-0.39, 0.29) is 34.5 Å². The average Bonchev–Trinajstić information content (AvgIpc) is 2.98. The monoisotopic (exact) mass is 610 g/mol. The van der Waals surface area contributed by atoms with Crippen LogP contribution in [0.15, 0.2) is 94.7 Å². The summed E-state index contributed by atoms with van der Waals surface area (Å²) in [4.78, 5) is 43.4. The average molecular weight is 611 g/mol. The zero-order chi connectivity index (χ0) is 30.2. The van der Waals surface area contributed by atoms with E-state index >= 15 is 0 Å². The maximum Gasteiger partial charge on any atom is 0.317 e. The molecule has 0 aliphatic carbocycles. The second kappa shape index (κ2) is 13.4. The Balaban J connectivity index is 1.68. The van der Waals surface area contributed by atoms with Gasteiger partial charge in [0, 0.05) is 12.1 Å². The predicted molar refractivity (Wildman–Crippen MR) is 153 cm³/mol. The lowest BCUT2D eigenvalue weighted by Crippen LogP contribution is -2.02. The van der Waals surface area contributed by atoms with E-state index in [2.05, 4.69) is 0 Å². The van der Waals surface area contributed by atoms with Crippen LogP contribution in [0.3, 0.4) is 0 Å². The van der Waals surface area contributed by atoms with Crippen LogP contribution in [0.25, 0.3) is 0 Å². The highest BCUT2D eigenvalue weighted by Gasteiger charge is 2.29. The maximum atomic E-state index is 11.8. The van der Waals surface area contributed by atoms with Gasteiger partial charge in [-0.15, -0.1) is 0 Å². The summed E-state index contributed by atoms with van der Waals surface area (Å²) >= 11 is 0. The van der Waals surface area contributed by atoms with Crippen LogP contribution in [0.5, 0.6) is 11.5 Å². The molecule has 0 saturated carbocycles. The number of hydrogen-bond acceptors (Lipinski definition) is 12. The van der Waals surface area contributed by atoms with E-state index in [4.69, 9.17) is 9.47 Å². The first-order valence-corrected chi connectivity index (χ1v) is 13.9. The molecule has 4 aromatic rings. The van der Waals surface area contributed by atoms with Gasteiger partial charge in [0.15, 0.2) is 11.5 Å². The van der Waals surface area contributed by atoms with Crippen LogP contribution in [0, 0.1) is 40.5 Å². The van der Waals surface area contributed by atoms with E-state index in [0.29, 0.717) is 32.7 Å². The second-order valence-electron chi connectivity index (χ2n) is 8.32. The van der Waals surface area contributed by atoms with Gasteiger partial charge >= 0.3 is 11.4 Å². The fourth-order valence-electron chi connectivity index (χ4n) is 3.57. The normalized spacial score (nSPS) is 10.6. The van der Waals surface area contributed by atoms with Gasteiger partial charge in [-0.05, 0) is 32.7 Å². The lowest BCUT2D eigenvalue weighted by Gasteiger charge is -2.11. The topological polar surface area (TPSA) is 191 Å². The zero-order valence-electron chi connectivity index (χ0n) is 21.2. The Labute approximate surface area is 244 Å². The van der Waals surface area contributed by atoms with Gasteiger partial charge in [-0.1, -0.05) is 60.7 Å². The van der Waals surface area contributed by atoms with Crippen molar-refractivity contribution >= 4 is 44.3 Å². The summed E-state index contributed by atoms with van der Waals surface area (Å²) in [5, 5.41) is 46.9. The van der Waals surface area contributed by atoms with Crippen LogP contribution in [-0.4, -0.2) is 19.7 Å². The molecule has 42 heavy (non-hydrogen) atoms. The molecule has 0 heterocycles. The van der Waals surface area contributed by atoms with Crippen molar-refractivity contribution in [1.82, 2.24) is 0 Å². The number of nitro groups is 4. The van der Waals surface area contributed by atoms with Crippen LogP contribution < -0.4 is 9.47 Å². The molecule has 0 radical (unpaired) electrons. The third-order valence-corrected chi connectivity index (χ3v) is 7.99.